The number of amides is 2. The Morgan fingerprint density at radius 3 is 2.55 bits per heavy atom. The van der Waals surface area contributed by atoms with E-state index in [1.165, 1.54) is 0 Å². The van der Waals surface area contributed by atoms with Gasteiger partial charge >= 0.3 is 11.8 Å². The Labute approximate surface area is 118 Å². The van der Waals surface area contributed by atoms with Gasteiger partial charge in [-0.25, -0.2) is 0 Å². The Bertz CT molecular complexity index is 470. The van der Waals surface area contributed by atoms with Gasteiger partial charge in [0, 0.05) is 25.5 Å². The summed E-state index contributed by atoms with van der Waals surface area (Å²) < 4.78 is 0. The quantitative estimate of drug-likeness (QED) is 0.689. The van der Waals surface area contributed by atoms with Crippen molar-refractivity contribution in [2.45, 2.75) is 19.4 Å². The maximum Gasteiger partial charge on any atom is 0.313 e. The van der Waals surface area contributed by atoms with Crippen LogP contribution in [0.4, 0.5) is 11.4 Å². The van der Waals surface area contributed by atoms with Crippen LogP contribution in [-0.4, -0.2) is 43.7 Å². The largest absolute Gasteiger partial charge is 0.394 e. The Hall–Kier alpha value is -2.08. The van der Waals surface area contributed by atoms with Crippen LogP contribution in [0.5, 0.6) is 0 Å². The highest BCUT2D eigenvalue weighted by Gasteiger charge is 2.17. The molecule has 1 rings (SSSR count). The average Bonchev–Trinajstić information content (AvgIpc) is 2.44. The average molecular weight is 279 g/mol. The number of hydrogen-bond acceptors (Lipinski definition) is 4. The van der Waals surface area contributed by atoms with Crippen LogP contribution in [0.3, 0.4) is 0 Å². The number of aliphatic hydroxyl groups is 1. The fraction of sp³-hybridized carbons (Fsp3) is 0.429. The van der Waals surface area contributed by atoms with E-state index in [0.717, 1.165) is 5.69 Å². The molecule has 0 aliphatic heterocycles. The van der Waals surface area contributed by atoms with Gasteiger partial charge in [-0.3, -0.25) is 9.59 Å². The lowest BCUT2D eigenvalue weighted by Crippen LogP contribution is -2.43. The first-order chi connectivity index (χ1) is 9.47. The van der Waals surface area contributed by atoms with Gasteiger partial charge in [0.15, 0.2) is 0 Å². The number of anilines is 2. The van der Waals surface area contributed by atoms with E-state index in [1.54, 1.807) is 18.2 Å². The minimum absolute atomic E-state index is 0.189. The van der Waals surface area contributed by atoms with Crippen LogP contribution in [0, 0.1) is 0 Å². The second kappa shape index (κ2) is 7.49. The molecule has 0 fully saturated rings. The van der Waals surface area contributed by atoms with Crippen LogP contribution in [0.1, 0.15) is 13.3 Å². The zero-order valence-electron chi connectivity index (χ0n) is 12.0. The minimum Gasteiger partial charge on any atom is -0.394 e. The zero-order chi connectivity index (χ0) is 15.1. The lowest BCUT2D eigenvalue weighted by Gasteiger charge is -2.15. The molecule has 2 amide bonds. The SMILES string of the molecule is CCC(CO)NC(=O)C(=O)Nc1cccc(N(C)C)c1. The molecule has 0 aromatic heterocycles. The van der Waals surface area contributed by atoms with E-state index in [0.29, 0.717) is 12.1 Å². The molecular formula is C14H21N3O3. The van der Waals surface area contributed by atoms with Crippen molar-refractivity contribution in [1.82, 2.24) is 5.32 Å². The molecule has 0 radical (unpaired) electrons. The highest BCUT2D eigenvalue weighted by Crippen LogP contribution is 2.17. The molecular weight excluding hydrogens is 258 g/mol. The Morgan fingerprint density at radius 1 is 1.30 bits per heavy atom. The molecule has 20 heavy (non-hydrogen) atoms. The van der Waals surface area contributed by atoms with Crippen molar-refractivity contribution in [3.05, 3.63) is 24.3 Å². The topological polar surface area (TPSA) is 81.7 Å². The summed E-state index contributed by atoms with van der Waals surface area (Å²) in [6.07, 6.45) is 0.561. The van der Waals surface area contributed by atoms with Gasteiger partial charge in [-0.1, -0.05) is 13.0 Å². The van der Waals surface area contributed by atoms with Crippen molar-refractivity contribution in [2.24, 2.45) is 0 Å². The van der Waals surface area contributed by atoms with Crippen molar-refractivity contribution in [1.29, 1.82) is 0 Å². The van der Waals surface area contributed by atoms with Crippen LogP contribution < -0.4 is 15.5 Å². The molecule has 1 aromatic rings. The van der Waals surface area contributed by atoms with Gasteiger partial charge in [-0.2, -0.15) is 0 Å². The third-order valence-corrected chi connectivity index (χ3v) is 2.88. The first kappa shape index (κ1) is 16.0. The summed E-state index contributed by atoms with van der Waals surface area (Å²) in [7, 11) is 3.78. The summed E-state index contributed by atoms with van der Waals surface area (Å²) in [6, 6.07) is 6.78. The second-order valence-corrected chi connectivity index (χ2v) is 4.66. The number of nitrogens with one attached hydrogen (secondary N) is 2. The van der Waals surface area contributed by atoms with Crippen LogP contribution >= 0.6 is 0 Å². The monoisotopic (exact) mass is 279 g/mol. The van der Waals surface area contributed by atoms with E-state index in [4.69, 9.17) is 5.11 Å². The predicted molar refractivity (Wildman–Crippen MR) is 78.7 cm³/mol. The summed E-state index contributed by atoms with van der Waals surface area (Å²) in [6.45, 7) is 1.63. The van der Waals surface area contributed by atoms with E-state index in [9.17, 15) is 9.59 Å². The highest BCUT2D eigenvalue weighted by molar-refractivity contribution is 6.39. The van der Waals surface area contributed by atoms with Crippen molar-refractivity contribution in [3.63, 3.8) is 0 Å². The minimum atomic E-state index is -0.749. The predicted octanol–water partition coefficient (Wildman–Crippen LogP) is 0.578. The lowest BCUT2D eigenvalue weighted by atomic mass is 10.2. The molecule has 0 heterocycles. The molecule has 0 saturated carbocycles. The molecule has 1 aromatic carbocycles. The molecule has 6 heteroatoms. The third-order valence-electron chi connectivity index (χ3n) is 2.88. The second-order valence-electron chi connectivity index (χ2n) is 4.66. The van der Waals surface area contributed by atoms with E-state index >= 15 is 0 Å². The maximum atomic E-state index is 11.7. The molecule has 0 aliphatic carbocycles. The molecule has 0 saturated heterocycles. The molecule has 1 atom stereocenters. The van der Waals surface area contributed by atoms with Gasteiger partial charge in [-0.15, -0.1) is 0 Å². The zero-order valence-corrected chi connectivity index (χ0v) is 12.0. The lowest BCUT2D eigenvalue weighted by molar-refractivity contribution is -0.136. The van der Waals surface area contributed by atoms with Crippen LogP contribution in [-0.2, 0) is 9.59 Å². The normalized spacial score (nSPS) is 11.6. The summed E-state index contributed by atoms with van der Waals surface area (Å²) in [5, 5.41) is 14.0. The fourth-order valence-corrected chi connectivity index (χ4v) is 1.58. The number of aliphatic hydroxyl groups excluding tert-OH is 1. The maximum absolute atomic E-state index is 11.7. The summed E-state index contributed by atoms with van der Waals surface area (Å²) in [4.78, 5) is 25.3. The molecule has 1 unspecified atom stereocenters. The van der Waals surface area contributed by atoms with Gasteiger partial charge in [0.25, 0.3) is 0 Å². The van der Waals surface area contributed by atoms with Crippen molar-refractivity contribution in [2.75, 3.05) is 30.9 Å². The Balaban J connectivity index is 2.66. The molecule has 0 spiro atoms. The van der Waals surface area contributed by atoms with Crippen LogP contribution in [0.15, 0.2) is 24.3 Å². The number of nitrogens with zero attached hydrogens (tertiary/aromatic N) is 1. The molecule has 110 valence electrons. The summed E-state index contributed by atoms with van der Waals surface area (Å²) in [5.41, 5.74) is 1.47. The van der Waals surface area contributed by atoms with E-state index in [2.05, 4.69) is 10.6 Å². The summed E-state index contributed by atoms with van der Waals surface area (Å²) >= 11 is 0. The number of carbonyl (C=O) groups excluding carboxylic acids is 2. The number of carbonyl (C=O) groups is 2. The Kier molecular flexibility index (Phi) is 5.99. The Morgan fingerprint density at radius 2 is 2.00 bits per heavy atom. The van der Waals surface area contributed by atoms with E-state index in [-0.39, 0.29) is 6.61 Å². The van der Waals surface area contributed by atoms with Gasteiger partial charge in [-0.05, 0) is 24.6 Å². The third kappa shape index (κ3) is 4.55. The summed E-state index contributed by atoms with van der Waals surface area (Å²) in [5.74, 6) is -1.49. The highest BCUT2D eigenvalue weighted by atomic mass is 16.3. The smallest absolute Gasteiger partial charge is 0.313 e. The molecule has 6 nitrogen and oxygen atoms in total. The fourth-order valence-electron chi connectivity index (χ4n) is 1.58. The van der Waals surface area contributed by atoms with E-state index < -0.39 is 17.9 Å². The molecule has 0 bridgehead atoms. The van der Waals surface area contributed by atoms with Crippen molar-refractivity contribution in [3.8, 4) is 0 Å². The van der Waals surface area contributed by atoms with Gasteiger partial charge < -0.3 is 20.6 Å². The van der Waals surface area contributed by atoms with Crippen LogP contribution in [0.2, 0.25) is 0 Å². The first-order valence-corrected chi connectivity index (χ1v) is 6.48. The number of hydrogen-bond donors (Lipinski definition) is 3. The number of benzene rings is 1. The van der Waals surface area contributed by atoms with Crippen molar-refractivity contribution < 1.29 is 14.7 Å². The molecule has 3 N–H and O–H groups in total. The number of rotatable bonds is 5. The van der Waals surface area contributed by atoms with Gasteiger partial charge in [0.1, 0.15) is 0 Å². The van der Waals surface area contributed by atoms with Gasteiger partial charge in [0.2, 0.25) is 0 Å². The standard InChI is InChI=1S/C14H21N3O3/c1-4-10(9-18)15-13(19)14(20)16-11-6-5-7-12(8-11)17(2)3/h5-8,10,18H,4,9H2,1-3H3,(H,15,19)(H,16,20). The van der Waals surface area contributed by atoms with Crippen molar-refractivity contribution >= 4 is 23.2 Å². The first-order valence-electron chi connectivity index (χ1n) is 6.48. The van der Waals surface area contributed by atoms with Gasteiger partial charge in [0.05, 0.1) is 12.6 Å². The molecule has 0 aliphatic rings. The van der Waals surface area contributed by atoms with Crippen LogP contribution in [0.25, 0.3) is 0 Å². The van der Waals surface area contributed by atoms with E-state index in [1.807, 2.05) is 32.0 Å².